The van der Waals surface area contributed by atoms with Crippen LogP contribution in [-0.4, -0.2) is 16.7 Å². The van der Waals surface area contributed by atoms with Crippen molar-refractivity contribution in [1.82, 2.24) is 0 Å². The Hall–Kier alpha value is -0.930. The third-order valence-electron chi connectivity index (χ3n) is 2.28. The van der Waals surface area contributed by atoms with Gasteiger partial charge < -0.3 is 10.8 Å². The van der Waals surface area contributed by atoms with E-state index in [4.69, 9.17) is 5.73 Å². The number of hydrogen-bond donors (Lipinski definition) is 2. The summed E-state index contributed by atoms with van der Waals surface area (Å²) in [5.41, 5.74) is 5.80. The van der Waals surface area contributed by atoms with E-state index in [0.29, 0.717) is 6.42 Å². The highest BCUT2D eigenvalue weighted by atomic mass is 19.1. The number of nitrogens with two attached hydrogens (primary N) is 1. The van der Waals surface area contributed by atoms with Gasteiger partial charge in [-0.2, -0.15) is 0 Å². The molecule has 0 spiro atoms. The molecule has 0 aliphatic carbocycles. The van der Waals surface area contributed by atoms with E-state index in [1.165, 1.54) is 12.1 Å². The van der Waals surface area contributed by atoms with Gasteiger partial charge in [-0.05, 0) is 38.0 Å². The lowest BCUT2D eigenvalue weighted by atomic mass is 9.93. The van der Waals surface area contributed by atoms with Gasteiger partial charge in [0, 0.05) is 6.04 Å². The molecule has 3 heteroatoms. The van der Waals surface area contributed by atoms with Crippen LogP contribution in [0.5, 0.6) is 0 Å². The molecular weight excluding hydrogens is 181 g/mol. The highest BCUT2D eigenvalue weighted by Gasteiger charge is 2.22. The fraction of sp³-hybridized carbons (Fsp3) is 0.455. The SMILES string of the molecule is CC(C)(O)C(N)Cc1ccc(F)cc1. The molecule has 2 nitrogen and oxygen atoms in total. The summed E-state index contributed by atoms with van der Waals surface area (Å²) < 4.78 is 12.6. The molecular formula is C11H16FNO. The average Bonchev–Trinajstić information content (AvgIpc) is 2.07. The van der Waals surface area contributed by atoms with Crippen molar-refractivity contribution in [2.75, 3.05) is 0 Å². The Morgan fingerprint density at radius 3 is 2.29 bits per heavy atom. The Morgan fingerprint density at radius 1 is 1.36 bits per heavy atom. The first-order chi connectivity index (χ1) is 6.39. The quantitative estimate of drug-likeness (QED) is 0.770. The Bertz CT molecular complexity index is 289. The van der Waals surface area contributed by atoms with Crippen molar-refractivity contribution >= 4 is 0 Å². The fourth-order valence-electron chi connectivity index (χ4n) is 1.12. The summed E-state index contributed by atoms with van der Waals surface area (Å²) in [4.78, 5) is 0. The molecule has 0 aliphatic rings. The lowest BCUT2D eigenvalue weighted by molar-refractivity contribution is 0.0521. The number of rotatable bonds is 3. The van der Waals surface area contributed by atoms with Crippen LogP contribution in [0.4, 0.5) is 4.39 Å². The smallest absolute Gasteiger partial charge is 0.123 e. The molecule has 78 valence electrons. The molecule has 0 amide bonds. The van der Waals surface area contributed by atoms with E-state index in [1.807, 2.05) is 0 Å². The summed E-state index contributed by atoms with van der Waals surface area (Å²) in [5.74, 6) is -0.259. The van der Waals surface area contributed by atoms with Crippen LogP contribution in [-0.2, 0) is 6.42 Å². The van der Waals surface area contributed by atoms with E-state index < -0.39 is 5.60 Å². The first kappa shape index (κ1) is 11.1. The van der Waals surface area contributed by atoms with Gasteiger partial charge in [0.1, 0.15) is 5.82 Å². The predicted molar refractivity (Wildman–Crippen MR) is 54.4 cm³/mol. The third kappa shape index (κ3) is 3.09. The van der Waals surface area contributed by atoms with Crippen LogP contribution in [0.15, 0.2) is 24.3 Å². The van der Waals surface area contributed by atoms with Gasteiger partial charge in [0.2, 0.25) is 0 Å². The third-order valence-corrected chi connectivity index (χ3v) is 2.28. The van der Waals surface area contributed by atoms with E-state index >= 15 is 0 Å². The summed E-state index contributed by atoms with van der Waals surface area (Å²) in [6, 6.07) is 5.81. The van der Waals surface area contributed by atoms with Crippen molar-refractivity contribution in [3.8, 4) is 0 Å². The van der Waals surface area contributed by atoms with Crippen LogP contribution in [0.1, 0.15) is 19.4 Å². The molecule has 0 radical (unpaired) electrons. The normalized spacial score (nSPS) is 14.1. The summed E-state index contributed by atoms with van der Waals surface area (Å²) in [6.45, 7) is 3.34. The summed E-state index contributed by atoms with van der Waals surface area (Å²) >= 11 is 0. The van der Waals surface area contributed by atoms with E-state index in [9.17, 15) is 9.50 Å². The second-order valence-corrected chi connectivity index (χ2v) is 4.09. The number of aliphatic hydroxyl groups is 1. The van der Waals surface area contributed by atoms with Gasteiger partial charge in [0.15, 0.2) is 0 Å². The summed E-state index contributed by atoms with van der Waals surface area (Å²) in [6.07, 6.45) is 0.545. The summed E-state index contributed by atoms with van der Waals surface area (Å²) in [5, 5.41) is 9.60. The van der Waals surface area contributed by atoms with Crippen LogP contribution >= 0.6 is 0 Å². The molecule has 0 aliphatic heterocycles. The lowest BCUT2D eigenvalue weighted by Gasteiger charge is -2.25. The van der Waals surface area contributed by atoms with Crippen LogP contribution in [0.2, 0.25) is 0 Å². The van der Waals surface area contributed by atoms with Crippen LogP contribution in [0, 0.1) is 5.82 Å². The Labute approximate surface area is 83.6 Å². The highest BCUT2D eigenvalue weighted by Crippen LogP contribution is 2.12. The molecule has 14 heavy (non-hydrogen) atoms. The molecule has 0 saturated carbocycles. The van der Waals surface area contributed by atoms with E-state index in [1.54, 1.807) is 26.0 Å². The minimum Gasteiger partial charge on any atom is -0.389 e. The van der Waals surface area contributed by atoms with Crippen LogP contribution in [0.25, 0.3) is 0 Å². The topological polar surface area (TPSA) is 46.2 Å². The molecule has 0 saturated heterocycles. The van der Waals surface area contributed by atoms with E-state index in [-0.39, 0.29) is 11.9 Å². The van der Waals surface area contributed by atoms with Gasteiger partial charge in [0.05, 0.1) is 5.60 Å². The van der Waals surface area contributed by atoms with Crippen molar-refractivity contribution in [3.63, 3.8) is 0 Å². The van der Waals surface area contributed by atoms with Crippen molar-refractivity contribution in [3.05, 3.63) is 35.6 Å². The molecule has 1 unspecified atom stereocenters. The van der Waals surface area contributed by atoms with Gasteiger partial charge in [0.25, 0.3) is 0 Å². The molecule has 3 N–H and O–H groups in total. The first-order valence-electron chi connectivity index (χ1n) is 4.62. The molecule has 1 aromatic rings. The molecule has 1 rings (SSSR count). The molecule has 1 aromatic carbocycles. The van der Waals surface area contributed by atoms with Crippen LogP contribution in [0.3, 0.4) is 0 Å². The second kappa shape index (κ2) is 4.07. The summed E-state index contributed by atoms with van der Waals surface area (Å²) in [7, 11) is 0. The first-order valence-corrected chi connectivity index (χ1v) is 4.62. The molecule has 0 bridgehead atoms. The minimum absolute atomic E-state index is 0.259. The number of benzene rings is 1. The van der Waals surface area contributed by atoms with Gasteiger partial charge in [-0.25, -0.2) is 4.39 Å². The maximum Gasteiger partial charge on any atom is 0.123 e. The van der Waals surface area contributed by atoms with E-state index in [0.717, 1.165) is 5.56 Å². The van der Waals surface area contributed by atoms with Gasteiger partial charge in [-0.1, -0.05) is 12.1 Å². The number of hydrogen-bond acceptors (Lipinski definition) is 2. The van der Waals surface area contributed by atoms with Gasteiger partial charge >= 0.3 is 0 Å². The average molecular weight is 197 g/mol. The zero-order valence-corrected chi connectivity index (χ0v) is 8.50. The standard InChI is InChI=1S/C11H16FNO/c1-11(2,14)10(13)7-8-3-5-9(12)6-4-8/h3-6,10,14H,7,13H2,1-2H3. The number of halogens is 1. The molecule has 0 heterocycles. The van der Waals surface area contributed by atoms with Crippen molar-refractivity contribution < 1.29 is 9.50 Å². The van der Waals surface area contributed by atoms with Gasteiger partial charge in [-0.3, -0.25) is 0 Å². The lowest BCUT2D eigenvalue weighted by Crippen LogP contribution is -2.44. The Kier molecular flexibility index (Phi) is 3.24. The Balaban J connectivity index is 2.65. The zero-order chi connectivity index (χ0) is 10.8. The predicted octanol–water partition coefficient (Wildman–Crippen LogP) is 1.47. The van der Waals surface area contributed by atoms with Crippen LogP contribution < -0.4 is 5.73 Å². The molecule has 0 fully saturated rings. The maximum atomic E-state index is 12.6. The maximum absolute atomic E-state index is 12.6. The largest absolute Gasteiger partial charge is 0.389 e. The van der Waals surface area contributed by atoms with Crippen molar-refractivity contribution in [2.45, 2.75) is 31.9 Å². The minimum atomic E-state index is -0.908. The highest BCUT2D eigenvalue weighted by molar-refractivity contribution is 5.17. The van der Waals surface area contributed by atoms with Crippen molar-refractivity contribution in [1.29, 1.82) is 0 Å². The zero-order valence-electron chi connectivity index (χ0n) is 8.50. The Morgan fingerprint density at radius 2 is 1.86 bits per heavy atom. The monoisotopic (exact) mass is 197 g/mol. The second-order valence-electron chi connectivity index (χ2n) is 4.09. The molecule has 0 aromatic heterocycles. The molecule has 1 atom stereocenters. The fourth-order valence-corrected chi connectivity index (χ4v) is 1.12. The van der Waals surface area contributed by atoms with E-state index in [2.05, 4.69) is 0 Å². The van der Waals surface area contributed by atoms with Gasteiger partial charge in [-0.15, -0.1) is 0 Å². The van der Waals surface area contributed by atoms with Crippen molar-refractivity contribution in [2.24, 2.45) is 5.73 Å².